The summed E-state index contributed by atoms with van der Waals surface area (Å²) in [5, 5.41) is 0. The fourth-order valence-electron chi connectivity index (χ4n) is 4.83. The van der Waals surface area contributed by atoms with E-state index in [2.05, 4.69) is 34.3 Å². The Morgan fingerprint density at radius 1 is 0.941 bits per heavy atom. The fraction of sp³-hybridized carbons (Fsp3) is 0.548. The number of carbonyl (C=O) groups is 3. The molecule has 0 aliphatic rings. The van der Waals surface area contributed by atoms with Gasteiger partial charge in [0.2, 0.25) is 5.91 Å². The standard InChI is InChI=1S/C21H27FO3.C14H24FNO.C7H15NO/c1-7-25-20(23)9-8-18(22)13-17(10-14(2)3)21-15(4)11-19(24-6)12-16(21)5;1-6-11(2)9-13(7-8-16(4)5)14(15)10-12(3)17;1-5(2)4-6(3)7(8)9/h10-13H,2,7-9H2,1,3-6H3;9-11H,6-8H2,1-5H3;5-6H,4H2,1-3H3,(H2,8,9)/b17-10+,18-13-;13-9-,14-10+;. The number of esters is 1. The molecule has 0 heterocycles. The lowest BCUT2D eigenvalue weighted by molar-refractivity contribution is -0.143. The van der Waals surface area contributed by atoms with Crippen LogP contribution in [0.5, 0.6) is 5.75 Å². The average Bonchev–Trinajstić information content (AvgIpc) is 3.01. The first-order chi connectivity index (χ1) is 23.7. The Labute approximate surface area is 307 Å². The highest BCUT2D eigenvalue weighted by molar-refractivity contribution is 5.88. The molecule has 288 valence electrons. The lowest BCUT2D eigenvalue weighted by Gasteiger charge is -2.14. The predicted octanol–water partition coefficient (Wildman–Crippen LogP) is 9.98. The van der Waals surface area contributed by atoms with E-state index >= 15 is 0 Å². The third-order valence-electron chi connectivity index (χ3n) is 7.52. The Morgan fingerprint density at radius 2 is 1.51 bits per heavy atom. The number of benzene rings is 1. The molecule has 0 spiro atoms. The molecule has 0 aliphatic heterocycles. The van der Waals surface area contributed by atoms with Gasteiger partial charge < -0.3 is 20.1 Å². The van der Waals surface area contributed by atoms with Crippen molar-refractivity contribution in [2.24, 2.45) is 23.5 Å². The number of hydrogen-bond acceptors (Lipinski definition) is 6. The molecule has 0 fully saturated rings. The second kappa shape index (κ2) is 26.9. The van der Waals surface area contributed by atoms with Crippen LogP contribution in [0.2, 0.25) is 0 Å². The second-order valence-corrected chi connectivity index (χ2v) is 13.6. The number of carbonyl (C=O) groups excluding carboxylic acids is 3. The number of methoxy groups -OCH3 is 1. The fourth-order valence-corrected chi connectivity index (χ4v) is 4.83. The summed E-state index contributed by atoms with van der Waals surface area (Å²) in [6.45, 7) is 24.0. The van der Waals surface area contributed by atoms with Crippen molar-refractivity contribution >= 4 is 23.2 Å². The highest BCUT2D eigenvalue weighted by Crippen LogP contribution is 2.31. The summed E-state index contributed by atoms with van der Waals surface area (Å²) >= 11 is 0. The Bertz CT molecular complexity index is 1370. The summed E-state index contributed by atoms with van der Waals surface area (Å²) in [7, 11) is 5.52. The van der Waals surface area contributed by atoms with E-state index in [1.165, 1.54) is 13.0 Å². The zero-order valence-electron chi connectivity index (χ0n) is 33.7. The average molecular weight is 717 g/mol. The summed E-state index contributed by atoms with van der Waals surface area (Å²) in [5.41, 5.74) is 10.1. The molecule has 0 saturated heterocycles. The molecule has 1 amide bonds. The normalized spacial score (nSPS) is 13.4. The van der Waals surface area contributed by atoms with Gasteiger partial charge in [0.05, 0.1) is 20.1 Å². The van der Waals surface area contributed by atoms with E-state index < -0.39 is 5.97 Å². The minimum Gasteiger partial charge on any atom is -0.497 e. The number of primary amides is 1. The van der Waals surface area contributed by atoms with Crippen LogP contribution in [0.15, 0.2) is 65.8 Å². The molecule has 1 aromatic rings. The third kappa shape index (κ3) is 24.1. The number of ether oxygens (including phenoxy) is 2. The lowest BCUT2D eigenvalue weighted by Crippen LogP contribution is -2.21. The third-order valence-corrected chi connectivity index (χ3v) is 7.52. The van der Waals surface area contributed by atoms with Crippen molar-refractivity contribution in [2.75, 3.05) is 34.4 Å². The van der Waals surface area contributed by atoms with Crippen LogP contribution < -0.4 is 10.5 Å². The molecule has 1 aromatic carbocycles. The molecular formula is C42H66F2N2O5. The second-order valence-electron chi connectivity index (χ2n) is 13.6. The monoisotopic (exact) mass is 716 g/mol. The van der Waals surface area contributed by atoms with Crippen molar-refractivity contribution < 1.29 is 32.6 Å². The maximum absolute atomic E-state index is 14.4. The predicted molar refractivity (Wildman–Crippen MR) is 209 cm³/mol. The van der Waals surface area contributed by atoms with E-state index in [4.69, 9.17) is 15.2 Å². The van der Waals surface area contributed by atoms with Crippen molar-refractivity contribution in [3.05, 3.63) is 82.5 Å². The zero-order chi connectivity index (χ0) is 39.8. The van der Waals surface area contributed by atoms with Crippen molar-refractivity contribution in [1.82, 2.24) is 4.90 Å². The lowest BCUT2D eigenvalue weighted by atomic mass is 9.93. The molecule has 2 N–H and O–H groups in total. The van der Waals surface area contributed by atoms with E-state index in [0.717, 1.165) is 59.0 Å². The molecule has 0 radical (unpaired) electrons. The number of halogens is 2. The highest BCUT2D eigenvalue weighted by atomic mass is 19.1. The molecule has 51 heavy (non-hydrogen) atoms. The number of nitrogens with two attached hydrogens (primary N) is 1. The van der Waals surface area contributed by atoms with Gasteiger partial charge in [0.1, 0.15) is 17.4 Å². The number of allylic oxidation sites excluding steroid dienone is 8. The van der Waals surface area contributed by atoms with Gasteiger partial charge in [0.25, 0.3) is 0 Å². The van der Waals surface area contributed by atoms with Crippen molar-refractivity contribution in [2.45, 2.75) is 101 Å². The molecule has 0 aliphatic carbocycles. The number of ketones is 1. The maximum Gasteiger partial charge on any atom is 0.306 e. The van der Waals surface area contributed by atoms with E-state index in [9.17, 15) is 23.2 Å². The minimum atomic E-state index is -0.395. The molecule has 2 unspecified atom stereocenters. The van der Waals surface area contributed by atoms with Gasteiger partial charge >= 0.3 is 5.97 Å². The first-order valence-electron chi connectivity index (χ1n) is 17.8. The molecule has 0 aromatic heterocycles. The van der Waals surface area contributed by atoms with Crippen LogP contribution in [0.1, 0.15) is 104 Å². The Morgan fingerprint density at radius 3 is 1.90 bits per heavy atom. The van der Waals surface area contributed by atoms with Gasteiger partial charge in [-0.25, -0.2) is 8.78 Å². The van der Waals surface area contributed by atoms with Gasteiger partial charge in [-0.2, -0.15) is 0 Å². The first kappa shape index (κ1) is 49.3. The van der Waals surface area contributed by atoms with Gasteiger partial charge in [-0.3, -0.25) is 14.4 Å². The quantitative estimate of drug-likeness (QED) is 0.0923. The van der Waals surface area contributed by atoms with Crippen LogP contribution in [0.25, 0.3) is 5.57 Å². The van der Waals surface area contributed by atoms with Crippen molar-refractivity contribution in [1.29, 1.82) is 0 Å². The Hall–Kier alpha value is -3.85. The Kier molecular flexibility index (Phi) is 26.0. The number of rotatable bonds is 18. The van der Waals surface area contributed by atoms with E-state index in [1.807, 2.05) is 71.0 Å². The van der Waals surface area contributed by atoms with Crippen LogP contribution >= 0.6 is 0 Å². The molecule has 0 saturated carbocycles. The maximum atomic E-state index is 14.4. The van der Waals surface area contributed by atoms with Crippen LogP contribution in [0.3, 0.4) is 0 Å². The molecule has 9 heteroatoms. The molecule has 1 rings (SSSR count). The van der Waals surface area contributed by atoms with Crippen LogP contribution in [0.4, 0.5) is 8.78 Å². The summed E-state index contributed by atoms with van der Waals surface area (Å²) in [4.78, 5) is 34.8. The van der Waals surface area contributed by atoms with Gasteiger partial charge in [0.15, 0.2) is 5.78 Å². The molecule has 0 bridgehead atoms. The number of amides is 1. The van der Waals surface area contributed by atoms with E-state index in [0.29, 0.717) is 30.4 Å². The topological polar surface area (TPSA) is 98.9 Å². The Balaban J connectivity index is 0. The summed E-state index contributed by atoms with van der Waals surface area (Å²) in [5.74, 6) is 0.102. The number of nitrogens with zero attached hydrogens (tertiary/aromatic N) is 1. The zero-order valence-corrected chi connectivity index (χ0v) is 33.7. The van der Waals surface area contributed by atoms with E-state index in [1.54, 1.807) is 14.0 Å². The van der Waals surface area contributed by atoms with Gasteiger partial charge in [-0.15, -0.1) is 0 Å². The first-order valence-corrected chi connectivity index (χ1v) is 17.8. The van der Waals surface area contributed by atoms with E-state index in [-0.39, 0.29) is 42.1 Å². The summed E-state index contributed by atoms with van der Waals surface area (Å²) < 4.78 is 38.3. The molecular weight excluding hydrogens is 650 g/mol. The van der Waals surface area contributed by atoms with Crippen molar-refractivity contribution in [3.8, 4) is 5.75 Å². The SMILES string of the molecule is C=C(C)/C=C(\C=C(/F)CCC(=O)OCC)c1c(C)cc(OC)cc1C.CC(C)CC(C)C(N)=O.CCC(C)/C=C(CCN(C)C)\C(F)=C/C(C)=O. The number of hydrogen-bond donors (Lipinski definition) is 1. The molecule has 2 atom stereocenters. The van der Waals surface area contributed by atoms with Gasteiger partial charge in [0, 0.05) is 25.0 Å². The largest absolute Gasteiger partial charge is 0.497 e. The summed E-state index contributed by atoms with van der Waals surface area (Å²) in [6.07, 6.45) is 8.85. The van der Waals surface area contributed by atoms with Crippen LogP contribution in [0, 0.1) is 31.6 Å². The van der Waals surface area contributed by atoms with Crippen LogP contribution in [-0.2, 0) is 19.1 Å². The number of aryl methyl sites for hydroxylation is 2. The summed E-state index contributed by atoms with van der Waals surface area (Å²) in [6, 6.07) is 3.83. The minimum absolute atomic E-state index is 0.0145. The van der Waals surface area contributed by atoms with Crippen LogP contribution in [-0.4, -0.2) is 56.9 Å². The smallest absolute Gasteiger partial charge is 0.306 e. The highest BCUT2D eigenvalue weighted by Gasteiger charge is 2.13. The van der Waals surface area contributed by atoms with Crippen molar-refractivity contribution in [3.63, 3.8) is 0 Å². The molecule has 7 nitrogen and oxygen atoms in total. The van der Waals surface area contributed by atoms with Gasteiger partial charge in [-0.1, -0.05) is 65.3 Å². The van der Waals surface area contributed by atoms with Gasteiger partial charge in [-0.05, 0) is 119 Å².